The number of benzene rings is 2. The molecule has 2 heterocycles. The number of hydrogen-bond acceptors (Lipinski definition) is 7. The van der Waals surface area contributed by atoms with Crippen LogP contribution >= 0.6 is 11.8 Å². The van der Waals surface area contributed by atoms with Crippen molar-refractivity contribution in [2.75, 3.05) is 19.0 Å². The molecule has 2 aromatic carbocycles. The smallest absolute Gasteiger partial charge is 0.276 e. The van der Waals surface area contributed by atoms with Crippen molar-refractivity contribution in [3.05, 3.63) is 59.5 Å². The fourth-order valence-corrected chi connectivity index (χ4v) is 3.65. The van der Waals surface area contributed by atoms with Gasteiger partial charge in [-0.25, -0.2) is 0 Å². The fraction of sp³-hybridized carbons (Fsp3) is 0.333. The Bertz CT molecular complexity index is 923. The van der Waals surface area contributed by atoms with E-state index in [4.69, 9.17) is 18.6 Å². The van der Waals surface area contributed by atoms with Crippen molar-refractivity contribution >= 4 is 11.8 Å². The van der Waals surface area contributed by atoms with E-state index < -0.39 is 0 Å². The third-order valence-electron chi connectivity index (χ3n) is 4.18. The van der Waals surface area contributed by atoms with Crippen LogP contribution in [0.5, 0.6) is 17.2 Å². The van der Waals surface area contributed by atoms with Crippen LogP contribution in [0.2, 0.25) is 0 Å². The summed E-state index contributed by atoms with van der Waals surface area (Å²) in [6, 6.07) is 13.8. The van der Waals surface area contributed by atoms with Gasteiger partial charge < -0.3 is 18.6 Å². The largest absolute Gasteiger partial charge is 0.494 e. The van der Waals surface area contributed by atoms with Gasteiger partial charge in [-0.15, -0.1) is 10.2 Å². The van der Waals surface area contributed by atoms with Crippen LogP contribution in [-0.2, 0) is 0 Å². The van der Waals surface area contributed by atoms with Crippen molar-refractivity contribution in [1.29, 1.82) is 0 Å². The van der Waals surface area contributed by atoms with E-state index in [1.54, 1.807) is 0 Å². The molecule has 0 fully saturated rings. The molecule has 1 atom stereocenters. The Labute approximate surface area is 168 Å². The standard InChI is InChI=1S/C21H22N2O4S/c1-14-10-15(2)12-16(11-14)24-8-5-9-28-21-23-22-20(27-21)19-13-25-17-6-3-4-7-18(17)26-19/h3-4,6-7,10-12,19H,5,8-9,13H2,1-2H3. The Morgan fingerprint density at radius 2 is 1.86 bits per heavy atom. The maximum absolute atomic E-state index is 5.89. The maximum atomic E-state index is 5.89. The highest BCUT2D eigenvalue weighted by atomic mass is 32.2. The molecule has 0 aliphatic carbocycles. The van der Waals surface area contributed by atoms with Crippen LogP contribution in [0.25, 0.3) is 0 Å². The second-order valence-corrected chi connectivity index (χ2v) is 7.69. The van der Waals surface area contributed by atoms with Gasteiger partial charge in [0.2, 0.25) is 6.10 Å². The number of ether oxygens (including phenoxy) is 3. The highest BCUT2D eigenvalue weighted by Crippen LogP contribution is 2.35. The van der Waals surface area contributed by atoms with Crippen LogP contribution in [0.15, 0.2) is 52.1 Å². The summed E-state index contributed by atoms with van der Waals surface area (Å²) in [6.07, 6.45) is 0.496. The van der Waals surface area contributed by atoms with Gasteiger partial charge in [-0.2, -0.15) is 0 Å². The molecule has 0 saturated heterocycles. The minimum atomic E-state index is -0.385. The van der Waals surface area contributed by atoms with Crippen molar-refractivity contribution in [2.45, 2.75) is 31.6 Å². The maximum Gasteiger partial charge on any atom is 0.276 e. The van der Waals surface area contributed by atoms with Crippen molar-refractivity contribution in [3.8, 4) is 17.2 Å². The lowest BCUT2D eigenvalue weighted by Gasteiger charge is -2.23. The van der Waals surface area contributed by atoms with Crippen molar-refractivity contribution in [2.24, 2.45) is 0 Å². The monoisotopic (exact) mass is 398 g/mol. The van der Waals surface area contributed by atoms with Crippen LogP contribution in [0.3, 0.4) is 0 Å². The quantitative estimate of drug-likeness (QED) is 0.420. The normalized spacial score (nSPS) is 15.4. The van der Waals surface area contributed by atoms with Gasteiger partial charge in [0.05, 0.1) is 6.61 Å². The molecule has 1 unspecified atom stereocenters. The lowest BCUT2D eigenvalue weighted by Crippen LogP contribution is -2.21. The van der Waals surface area contributed by atoms with Gasteiger partial charge >= 0.3 is 0 Å². The molecule has 0 saturated carbocycles. The van der Waals surface area contributed by atoms with Gasteiger partial charge in [0.15, 0.2) is 11.5 Å². The third-order valence-corrected chi connectivity index (χ3v) is 5.09. The lowest BCUT2D eigenvalue weighted by atomic mass is 10.1. The van der Waals surface area contributed by atoms with Gasteiger partial charge in [0.25, 0.3) is 11.1 Å². The van der Waals surface area contributed by atoms with Crippen molar-refractivity contribution in [3.63, 3.8) is 0 Å². The van der Waals surface area contributed by atoms with E-state index in [1.807, 2.05) is 24.3 Å². The first-order valence-corrected chi connectivity index (χ1v) is 10.2. The first-order chi connectivity index (χ1) is 13.7. The first kappa shape index (κ1) is 18.7. The van der Waals surface area contributed by atoms with Crippen LogP contribution in [0.4, 0.5) is 0 Å². The van der Waals surface area contributed by atoms with Crippen molar-refractivity contribution in [1.82, 2.24) is 10.2 Å². The van der Waals surface area contributed by atoms with Gasteiger partial charge in [0.1, 0.15) is 12.4 Å². The minimum Gasteiger partial charge on any atom is -0.494 e. The zero-order chi connectivity index (χ0) is 19.3. The Morgan fingerprint density at radius 3 is 2.68 bits per heavy atom. The molecular weight excluding hydrogens is 376 g/mol. The molecule has 1 aliphatic rings. The molecule has 28 heavy (non-hydrogen) atoms. The van der Waals surface area contributed by atoms with Gasteiger partial charge in [0, 0.05) is 5.75 Å². The predicted octanol–water partition coefficient (Wildman–Crippen LogP) is 4.76. The average molecular weight is 398 g/mol. The van der Waals surface area contributed by atoms with Gasteiger partial charge in [-0.05, 0) is 55.7 Å². The molecular formula is C21H22N2O4S. The van der Waals surface area contributed by atoms with Crippen LogP contribution in [-0.4, -0.2) is 29.2 Å². The number of aromatic nitrogens is 2. The molecule has 7 heteroatoms. The lowest BCUT2D eigenvalue weighted by molar-refractivity contribution is 0.0686. The highest BCUT2D eigenvalue weighted by Gasteiger charge is 2.27. The number of fused-ring (bicyclic) bond motifs is 1. The predicted molar refractivity (Wildman–Crippen MR) is 106 cm³/mol. The van der Waals surface area contributed by atoms with Crippen LogP contribution < -0.4 is 14.2 Å². The number of aryl methyl sites for hydroxylation is 2. The molecule has 0 bridgehead atoms. The molecule has 1 aromatic heterocycles. The van der Waals surface area contributed by atoms with E-state index in [2.05, 4.69) is 42.2 Å². The third kappa shape index (κ3) is 4.59. The minimum absolute atomic E-state index is 0.354. The molecule has 0 spiro atoms. The Hall–Kier alpha value is -2.67. The molecule has 0 amide bonds. The Morgan fingerprint density at radius 1 is 1.07 bits per heavy atom. The number of thioether (sulfide) groups is 1. The summed E-state index contributed by atoms with van der Waals surface area (Å²) in [5, 5.41) is 8.73. The van der Waals surface area contributed by atoms with Crippen LogP contribution in [0, 0.1) is 13.8 Å². The molecule has 4 rings (SSSR count). The molecule has 6 nitrogen and oxygen atoms in total. The Balaban J connectivity index is 1.23. The fourth-order valence-electron chi connectivity index (χ4n) is 2.97. The molecule has 0 N–H and O–H groups in total. The summed E-state index contributed by atoms with van der Waals surface area (Å²) in [5.41, 5.74) is 2.42. The first-order valence-electron chi connectivity index (χ1n) is 9.23. The summed E-state index contributed by atoms with van der Waals surface area (Å²) in [7, 11) is 0. The number of rotatable bonds is 7. The average Bonchev–Trinajstić information content (AvgIpc) is 3.15. The number of nitrogens with zero attached hydrogens (tertiary/aromatic N) is 2. The zero-order valence-corrected chi connectivity index (χ0v) is 16.7. The van der Waals surface area contributed by atoms with E-state index in [-0.39, 0.29) is 6.10 Å². The van der Waals surface area contributed by atoms with E-state index in [0.717, 1.165) is 23.7 Å². The zero-order valence-electron chi connectivity index (χ0n) is 15.9. The van der Waals surface area contributed by atoms with E-state index in [0.29, 0.717) is 30.1 Å². The molecule has 0 radical (unpaired) electrons. The SMILES string of the molecule is Cc1cc(C)cc(OCCCSc2nnc(C3COc4ccccc4O3)o2)c1. The van der Waals surface area contributed by atoms with E-state index in [9.17, 15) is 0 Å². The number of hydrogen-bond donors (Lipinski definition) is 0. The van der Waals surface area contributed by atoms with Gasteiger partial charge in [-0.3, -0.25) is 0 Å². The van der Waals surface area contributed by atoms with E-state index in [1.165, 1.54) is 22.9 Å². The molecule has 146 valence electrons. The summed E-state index contributed by atoms with van der Waals surface area (Å²) in [5.74, 6) is 3.60. The summed E-state index contributed by atoms with van der Waals surface area (Å²) in [6.45, 7) is 5.14. The van der Waals surface area contributed by atoms with Crippen molar-refractivity contribution < 1.29 is 18.6 Å². The second kappa shape index (κ2) is 8.56. The van der Waals surface area contributed by atoms with Crippen LogP contribution in [0.1, 0.15) is 29.5 Å². The Kier molecular flexibility index (Phi) is 5.71. The molecule has 1 aliphatic heterocycles. The van der Waals surface area contributed by atoms with E-state index >= 15 is 0 Å². The summed E-state index contributed by atoms with van der Waals surface area (Å²) < 4.78 is 23.1. The van der Waals surface area contributed by atoms with Gasteiger partial charge in [-0.1, -0.05) is 30.0 Å². The summed E-state index contributed by atoms with van der Waals surface area (Å²) >= 11 is 1.52. The number of para-hydroxylation sites is 2. The second-order valence-electron chi connectivity index (χ2n) is 6.64. The highest BCUT2D eigenvalue weighted by molar-refractivity contribution is 7.99. The molecule has 3 aromatic rings. The topological polar surface area (TPSA) is 66.6 Å². The summed E-state index contributed by atoms with van der Waals surface area (Å²) in [4.78, 5) is 0.